The molecule has 3 aromatic carbocycles. The number of hydrogen-bond acceptors (Lipinski definition) is 7. The number of hydrogen-bond donors (Lipinski definition) is 0. The third-order valence-electron chi connectivity index (χ3n) is 6.14. The van der Waals surface area contributed by atoms with Gasteiger partial charge in [0.2, 0.25) is 0 Å². The molecule has 0 aliphatic rings. The summed E-state index contributed by atoms with van der Waals surface area (Å²) in [4.78, 5) is 6.01. The van der Waals surface area contributed by atoms with Crippen molar-refractivity contribution >= 4 is 51.9 Å². The predicted molar refractivity (Wildman–Crippen MR) is 166 cm³/mol. The molecule has 5 nitrogen and oxygen atoms in total. The Bertz CT molecular complexity index is 1760. The van der Waals surface area contributed by atoms with Crippen molar-refractivity contribution in [2.75, 3.05) is 4.90 Å². The molecular weight excluding hydrogens is 543 g/mol. The molecule has 0 saturated heterocycles. The lowest BCUT2D eigenvalue weighted by Crippen LogP contribution is -2.09. The Morgan fingerprint density at radius 1 is 0.488 bits per heavy atom. The quantitative estimate of drug-likeness (QED) is 0.184. The van der Waals surface area contributed by atoms with E-state index in [9.17, 15) is 0 Å². The van der Waals surface area contributed by atoms with Gasteiger partial charge in [0.05, 0.1) is 0 Å². The molecule has 2 aromatic heterocycles. The first-order chi connectivity index (χ1) is 20.1. The van der Waals surface area contributed by atoms with Crippen molar-refractivity contribution in [1.82, 2.24) is 0 Å². The molecule has 5 rings (SSSR count). The highest BCUT2D eigenvalue weighted by Gasteiger charge is 2.14. The number of nitrogens with zero attached hydrogens (tertiary/aromatic N) is 5. The SMILES string of the molecule is N#CC(C#N)=Cc1ccc(-c2ccc(N(c3ccccc3)c3ccc(-c4ccc(C=C(C#N)C#N)s4)cc3)cc2)s1. The minimum atomic E-state index is 0.0850. The van der Waals surface area contributed by atoms with Crippen LogP contribution in [0, 0.1) is 45.3 Å². The molecule has 0 aliphatic heterocycles. The maximum atomic E-state index is 9.04. The summed E-state index contributed by atoms with van der Waals surface area (Å²) in [6.45, 7) is 0. The standard InChI is InChI=1S/C34H19N5S2/c35-20-24(21-36)18-31-14-16-33(40-31)26-6-10-29(11-7-26)39(28-4-2-1-3-5-28)30-12-8-27(9-13-30)34-17-15-32(41-34)19-25(22-37)23-38/h1-19H. The van der Waals surface area contributed by atoms with Gasteiger partial charge in [0.25, 0.3) is 0 Å². The van der Waals surface area contributed by atoms with Crippen LogP contribution in [0.3, 0.4) is 0 Å². The van der Waals surface area contributed by atoms with E-state index < -0.39 is 0 Å². The van der Waals surface area contributed by atoms with Crippen LogP contribution in [0.25, 0.3) is 33.0 Å². The van der Waals surface area contributed by atoms with E-state index in [0.29, 0.717) is 0 Å². The average molecular weight is 562 g/mol. The lowest BCUT2D eigenvalue weighted by molar-refractivity contribution is 1.28. The first-order valence-corrected chi connectivity index (χ1v) is 14.0. The van der Waals surface area contributed by atoms with Gasteiger partial charge < -0.3 is 4.90 Å². The molecular formula is C34H19N5S2. The van der Waals surface area contributed by atoms with E-state index in [0.717, 1.165) is 47.7 Å². The molecule has 0 amide bonds. The second-order valence-electron chi connectivity index (χ2n) is 8.73. The van der Waals surface area contributed by atoms with Crippen molar-refractivity contribution in [3.8, 4) is 45.2 Å². The van der Waals surface area contributed by atoms with Crippen LogP contribution in [0.1, 0.15) is 9.75 Å². The second-order valence-corrected chi connectivity index (χ2v) is 11.0. The van der Waals surface area contributed by atoms with Gasteiger partial charge in [0.1, 0.15) is 35.4 Å². The monoisotopic (exact) mass is 561 g/mol. The second kappa shape index (κ2) is 12.4. The van der Waals surface area contributed by atoms with Gasteiger partial charge in [-0.25, -0.2) is 0 Å². The molecule has 0 aliphatic carbocycles. The van der Waals surface area contributed by atoms with E-state index in [2.05, 4.69) is 65.6 Å². The van der Waals surface area contributed by atoms with Gasteiger partial charge in [-0.15, -0.1) is 22.7 Å². The Kier molecular flexibility index (Phi) is 8.16. The van der Waals surface area contributed by atoms with Gasteiger partial charge in [-0.05, 0) is 83.9 Å². The lowest BCUT2D eigenvalue weighted by Gasteiger charge is -2.25. The first-order valence-electron chi connectivity index (χ1n) is 12.4. The van der Waals surface area contributed by atoms with Crippen molar-refractivity contribution in [3.05, 3.63) is 124 Å². The predicted octanol–water partition coefficient (Wildman–Crippen LogP) is 9.47. The molecule has 7 heteroatoms. The Hall–Kier alpha value is -5.70. The normalized spacial score (nSPS) is 9.85. The van der Waals surface area contributed by atoms with Crippen LogP contribution in [0.15, 0.2) is 114 Å². The molecule has 0 bridgehead atoms. The smallest absolute Gasteiger partial charge is 0.131 e. The average Bonchev–Trinajstić information content (AvgIpc) is 3.70. The summed E-state index contributed by atoms with van der Waals surface area (Å²) in [6.07, 6.45) is 3.21. The van der Waals surface area contributed by atoms with E-state index in [4.69, 9.17) is 21.0 Å². The first kappa shape index (κ1) is 26.9. The van der Waals surface area contributed by atoms with Crippen molar-refractivity contribution in [2.24, 2.45) is 0 Å². The fourth-order valence-corrected chi connectivity index (χ4v) is 6.12. The molecule has 0 radical (unpaired) electrons. The summed E-state index contributed by atoms with van der Waals surface area (Å²) in [5.74, 6) is 0. The van der Waals surface area contributed by atoms with Crippen LogP contribution < -0.4 is 4.90 Å². The third-order valence-corrected chi connectivity index (χ3v) is 8.31. The topological polar surface area (TPSA) is 98.4 Å². The highest BCUT2D eigenvalue weighted by molar-refractivity contribution is 7.16. The number of para-hydroxylation sites is 1. The molecule has 2 heterocycles. The number of benzene rings is 3. The van der Waals surface area contributed by atoms with Crippen LogP contribution in [0.5, 0.6) is 0 Å². The van der Waals surface area contributed by atoms with Gasteiger partial charge in [-0.3, -0.25) is 0 Å². The van der Waals surface area contributed by atoms with Crippen molar-refractivity contribution in [2.45, 2.75) is 0 Å². The summed E-state index contributed by atoms with van der Waals surface area (Å²) >= 11 is 3.06. The van der Waals surface area contributed by atoms with E-state index in [1.807, 2.05) is 66.7 Å². The van der Waals surface area contributed by atoms with Gasteiger partial charge in [-0.1, -0.05) is 42.5 Å². The number of nitriles is 4. The van der Waals surface area contributed by atoms with Crippen LogP contribution in [0.4, 0.5) is 17.1 Å². The molecule has 192 valence electrons. The lowest BCUT2D eigenvalue weighted by atomic mass is 10.1. The Labute approximate surface area is 246 Å². The summed E-state index contributed by atoms with van der Waals surface area (Å²) < 4.78 is 0. The molecule has 0 unspecified atom stereocenters. The van der Waals surface area contributed by atoms with Crippen LogP contribution in [-0.2, 0) is 0 Å². The van der Waals surface area contributed by atoms with E-state index in [1.54, 1.807) is 12.2 Å². The van der Waals surface area contributed by atoms with Crippen molar-refractivity contribution < 1.29 is 0 Å². The van der Waals surface area contributed by atoms with Crippen LogP contribution in [-0.4, -0.2) is 0 Å². The number of anilines is 3. The van der Waals surface area contributed by atoms with Crippen molar-refractivity contribution in [3.63, 3.8) is 0 Å². The summed E-state index contributed by atoms with van der Waals surface area (Å²) in [5, 5.41) is 36.2. The highest BCUT2D eigenvalue weighted by atomic mass is 32.1. The fraction of sp³-hybridized carbons (Fsp3) is 0. The van der Waals surface area contributed by atoms with Gasteiger partial charge >= 0.3 is 0 Å². The zero-order valence-corrected chi connectivity index (χ0v) is 23.2. The van der Waals surface area contributed by atoms with Gasteiger partial charge in [-0.2, -0.15) is 21.0 Å². The van der Waals surface area contributed by atoms with Crippen LogP contribution >= 0.6 is 22.7 Å². The highest BCUT2D eigenvalue weighted by Crippen LogP contribution is 2.38. The Balaban J connectivity index is 1.44. The molecule has 0 fully saturated rings. The Morgan fingerprint density at radius 3 is 1.27 bits per heavy atom. The third kappa shape index (κ3) is 6.15. The summed E-state index contributed by atoms with van der Waals surface area (Å²) in [6, 6.07) is 42.2. The number of rotatable bonds is 7. The summed E-state index contributed by atoms with van der Waals surface area (Å²) in [5.41, 5.74) is 5.31. The van der Waals surface area contributed by atoms with Gasteiger partial charge in [0, 0.05) is 36.6 Å². The maximum absolute atomic E-state index is 9.04. The van der Waals surface area contributed by atoms with Crippen molar-refractivity contribution in [1.29, 1.82) is 21.0 Å². The fourth-order valence-electron chi connectivity index (χ4n) is 4.21. The van der Waals surface area contributed by atoms with E-state index in [-0.39, 0.29) is 11.1 Å². The molecule has 0 spiro atoms. The largest absolute Gasteiger partial charge is 0.311 e. The molecule has 5 aromatic rings. The zero-order valence-electron chi connectivity index (χ0n) is 21.5. The maximum Gasteiger partial charge on any atom is 0.131 e. The van der Waals surface area contributed by atoms with E-state index in [1.165, 1.54) is 22.7 Å². The Morgan fingerprint density at radius 2 is 0.878 bits per heavy atom. The molecule has 0 atom stereocenters. The number of thiophene rings is 2. The minimum absolute atomic E-state index is 0.0850. The van der Waals surface area contributed by atoms with Gasteiger partial charge in [0.15, 0.2) is 0 Å². The van der Waals surface area contributed by atoms with Crippen LogP contribution in [0.2, 0.25) is 0 Å². The summed E-state index contributed by atoms with van der Waals surface area (Å²) in [7, 11) is 0. The number of allylic oxidation sites excluding steroid dienone is 2. The minimum Gasteiger partial charge on any atom is -0.311 e. The molecule has 41 heavy (non-hydrogen) atoms. The molecule has 0 N–H and O–H groups in total. The molecule has 0 saturated carbocycles. The van der Waals surface area contributed by atoms with E-state index >= 15 is 0 Å². The zero-order chi connectivity index (χ0) is 28.6.